The van der Waals surface area contributed by atoms with E-state index in [0.717, 1.165) is 22.5 Å². The first kappa shape index (κ1) is 31.2. The van der Waals surface area contributed by atoms with Crippen LogP contribution in [0.5, 0.6) is 0 Å². The average Bonchev–Trinajstić information content (AvgIpc) is 2.91. The second-order valence-corrected chi connectivity index (χ2v) is 10.7. The summed E-state index contributed by atoms with van der Waals surface area (Å²) >= 11 is 0. The normalized spacial score (nSPS) is 11.1. The number of nitrogens with two attached hydrogens (primary N) is 2. The van der Waals surface area contributed by atoms with Gasteiger partial charge in [-0.1, -0.05) is 36.4 Å². The lowest BCUT2D eigenvalue weighted by molar-refractivity contribution is -2.00. The van der Waals surface area contributed by atoms with Crippen molar-refractivity contribution in [2.45, 2.75) is 17.9 Å². The Balaban J connectivity index is 0.000000850. The van der Waals surface area contributed by atoms with Crippen molar-refractivity contribution in [2.75, 3.05) is 5.32 Å². The van der Waals surface area contributed by atoms with Crippen molar-refractivity contribution in [3.05, 3.63) is 103 Å². The van der Waals surface area contributed by atoms with E-state index < -0.39 is 26.2 Å². The Labute approximate surface area is 238 Å². The number of sulfonamides is 1. The Hall–Kier alpha value is -4.37. The average molecular weight is 600 g/mol. The van der Waals surface area contributed by atoms with Crippen LogP contribution in [0.25, 0.3) is 22.5 Å². The smallest absolute Gasteiger partial charge is 0.285 e. The quantitative estimate of drug-likeness (QED) is 0.122. The van der Waals surface area contributed by atoms with E-state index in [1.165, 1.54) is 24.3 Å². The number of rotatable bonds is 8. The molecule has 0 unspecified atom stereocenters. The van der Waals surface area contributed by atoms with Gasteiger partial charge in [0.2, 0.25) is 23.3 Å². The molecule has 0 aliphatic carbocycles. The summed E-state index contributed by atoms with van der Waals surface area (Å²) in [6.45, 7) is 0.443. The molecule has 1 aromatic heterocycles. The van der Waals surface area contributed by atoms with Crippen molar-refractivity contribution < 1.29 is 46.7 Å². The van der Waals surface area contributed by atoms with Crippen LogP contribution in [0.3, 0.4) is 0 Å². The first-order chi connectivity index (χ1) is 19.3. The number of carbonyl (C=O) groups is 1. The fourth-order valence-electron chi connectivity index (χ4n) is 3.84. The van der Waals surface area contributed by atoms with E-state index in [4.69, 9.17) is 30.1 Å². The lowest BCUT2D eigenvalue weighted by atomic mass is 10.1. The van der Waals surface area contributed by atoms with E-state index in [2.05, 4.69) is 14.3 Å². The summed E-state index contributed by atoms with van der Waals surface area (Å²) in [7, 11) is -8.94. The first-order valence-corrected chi connectivity index (χ1v) is 14.5. The number of benzene rings is 3. The molecule has 0 aliphatic rings. The van der Waals surface area contributed by atoms with Crippen LogP contribution in [0.15, 0.2) is 112 Å². The molecular formula is C27H26ClN5O7S. The van der Waals surface area contributed by atoms with Gasteiger partial charge >= 0.3 is 0 Å². The van der Waals surface area contributed by atoms with Crippen molar-refractivity contribution in [3.8, 4) is 22.5 Å². The Bertz CT molecular complexity index is 1530. The minimum Gasteiger partial charge on any atom is -0.369 e. The van der Waals surface area contributed by atoms with Gasteiger partial charge in [0.1, 0.15) is 0 Å². The third-order valence-corrected chi connectivity index (χ3v) is 6.77. The number of anilines is 1. The molecule has 3 aromatic carbocycles. The van der Waals surface area contributed by atoms with Crippen LogP contribution < -0.4 is 40.0 Å². The molecule has 41 heavy (non-hydrogen) atoms. The van der Waals surface area contributed by atoms with Crippen LogP contribution in [0, 0.1) is 10.2 Å². The number of guanidine groups is 1. The molecule has 0 atom stereocenters. The SMILES string of the molecule is NC(N)=NS(=O)(=O)c1ccc(NC(=O)CC[n+]2c(-c3ccccc3)cccc2-c2ccccc2)cc1.[O-][Cl+3]([O-])([O-])[O-]. The van der Waals surface area contributed by atoms with E-state index in [1.54, 1.807) is 0 Å². The largest absolute Gasteiger partial charge is 0.369 e. The predicted octanol–water partition coefficient (Wildman–Crippen LogP) is -1.46. The highest BCUT2D eigenvalue weighted by Gasteiger charge is 2.21. The molecule has 1 amide bonds. The van der Waals surface area contributed by atoms with Gasteiger partial charge < -0.3 is 16.8 Å². The summed E-state index contributed by atoms with van der Waals surface area (Å²) in [5, 5.41) is 2.82. The van der Waals surface area contributed by atoms with E-state index in [1.807, 2.05) is 78.9 Å². The van der Waals surface area contributed by atoms with Crippen molar-refractivity contribution in [1.29, 1.82) is 0 Å². The van der Waals surface area contributed by atoms with Gasteiger partial charge in [-0.3, -0.25) is 4.79 Å². The zero-order valence-electron chi connectivity index (χ0n) is 21.4. The van der Waals surface area contributed by atoms with E-state index in [-0.39, 0.29) is 17.2 Å². The third-order valence-electron chi connectivity index (χ3n) is 5.45. The molecule has 5 N–H and O–H groups in total. The molecule has 4 rings (SSSR count). The van der Waals surface area contributed by atoms with Gasteiger partial charge in [0, 0.05) is 28.9 Å². The molecule has 0 saturated carbocycles. The zero-order valence-corrected chi connectivity index (χ0v) is 23.0. The number of amides is 1. The molecule has 1 heterocycles. The Morgan fingerprint density at radius 3 is 1.66 bits per heavy atom. The van der Waals surface area contributed by atoms with E-state index >= 15 is 0 Å². The Morgan fingerprint density at radius 2 is 1.22 bits per heavy atom. The van der Waals surface area contributed by atoms with Crippen molar-refractivity contribution in [3.63, 3.8) is 0 Å². The topological polar surface area (TPSA) is 224 Å². The Morgan fingerprint density at radius 1 is 0.756 bits per heavy atom. The number of pyridine rings is 1. The molecule has 0 bridgehead atoms. The molecule has 214 valence electrons. The molecule has 0 spiro atoms. The van der Waals surface area contributed by atoms with Crippen LogP contribution in [-0.2, 0) is 21.4 Å². The standard InChI is InChI=1S/C27H25N5O3S.ClHO4/c28-27(29)31-36(34,35)23-16-14-22(15-17-23)30-26(33)18-19-32-24(20-8-3-1-4-9-20)12-7-13-25(32)21-10-5-2-6-11-21;2-1(3,4)5/h1-17H,18-19H2,(H4-,28,29,30,31,33);(H,2,3,4,5). The Kier molecular flexibility index (Phi) is 10.5. The lowest BCUT2D eigenvalue weighted by Crippen LogP contribution is -2.68. The fraction of sp³-hybridized carbons (Fsp3) is 0.0741. The minimum atomic E-state index is -4.94. The number of nitrogens with one attached hydrogen (secondary N) is 1. The maximum Gasteiger partial charge on any atom is 0.285 e. The van der Waals surface area contributed by atoms with Crippen LogP contribution in [-0.4, -0.2) is 20.3 Å². The van der Waals surface area contributed by atoms with Gasteiger partial charge in [0.05, 0.1) is 11.3 Å². The number of carbonyl (C=O) groups excluding carboxylic acids is 1. The highest BCUT2D eigenvalue weighted by molar-refractivity contribution is 7.90. The lowest BCUT2D eigenvalue weighted by Gasteiger charge is -2.17. The monoisotopic (exact) mass is 599 g/mol. The van der Waals surface area contributed by atoms with Gasteiger partial charge in [-0.15, -0.1) is 14.6 Å². The summed E-state index contributed by atoms with van der Waals surface area (Å²) in [6.07, 6.45) is 0.211. The van der Waals surface area contributed by atoms with Gasteiger partial charge in [0.25, 0.3) is 10.0 Å². The van der Waals surface area contributed by atoms with Crippen molar-refractivity contribution in [1.82, 2.24) is 0 Å². The van der Waals surface area contributed by atoms with Gasteiger partial charge in [-0.2, -0.15) is 13.0 Å². The second kappa shape index (κ2) is 13.8. The minimum absolute atomic E-state index is 0.0752. The molecule has 4 aromatic rings. The predicted molar refractivity (Wildman–Crippen MR) is 140 cm³/mol. The zero-order chi connectivity index (χ0) is 30.0. The number of aromatic nitrogens is 1. The number of hydrogen-bond donors (Lipinski definition) is 3. The number of halogens is 1. The molecule has 12 nitrogen and oxygen atoms in total. The summed E-state index contributed by atoms with van der Waals surface area (Å²) in [4.78, 5) is 12.7. The highest BCUT2D eigenvalue weighted by atomic mass is 35.7. The van der Waals surface area contributed by atoms with Crippen molar-refractivity contribution >= 4 is 27.6 Å². The fourth-order valence-corrected chi connectivity index (χ4v) is 4.70. The molecular weight excluding hydrogens is 574 g/mol. The summed E-state index contributed by atoms with van der Waals surface area (Å²) in [6, 6.07) is 31.8. The van der Waals surface area contributed by atoms with Gasteiger partial charge in [-0.05, 0) is 54.6 Å². The summed E-state index contributed by atoms with van der Waals surface area (Å²) in [5.74, 6) is -0.750. The molecule has 0 aliphatic heterocycles. The molecule has 0 saturated heterocycles. The van der Waals surface area contributed by atoms with Crippen LogP contribution in [0.2, 0.25) is 0 Å². The summed E-state index contributed by atoms with van der Waals surface area (Å²) in [5.41, 5.74) is 14.9. The van der Waals surface area contributed by atoms with Crippen LogP contribution >= 0.6 is 0 Å². The number of nitrogens with zero attached hydrogens (tertiary/aromatic N) is 2. The number of hydrogen-bond acceptors (Lipinski definition) is 7. The molecule has 14 heteroatoms. The third kappa shape index (κ3) is 9.95. The van der Waals surface area contributed by atoms with Gasteiger partial charge in [0.15, 0.2) is 6.54 Å². The van der Waals surface area contributed by atoms with Crippen molar-refractivity contribution in [2.24, 2.45) is 15.9 Å². The van der Waals surface area contributed by atoms with Gasteiger partial charge in [-0.25, -0.2) is 18.6 Å². The molecule has 0 fully saturated rings. The molecule has 0 radical (unpaired) electrons. The highest BCUT2D eigenvalue weighted by Crippen LogP contribution is 2.21. The summed E-state index contributed by atoms with van der Waals surface area (Å²) < 4.78 is 63.6. The van der Waals surface area contributed by atoms with E-state index in [9.17, 15) is 13.2 Å². The maximum absolute atomic E-state index is 12.8. The maximum atomic E-state index is 12.8. The van der Waals surface area contributed by atoms with E-state index in [0.29, 0.717) is 12.2 Å². The first-order valence-electron chi connectivity index (χ1n) is 11.8. The van der Waals surface area contributed by atoms with Crippen LogP contribution in [0.4, 0.5) is 5.69 Å². The van der Waals surface area contributed by atoms with Crippen LogP contribution in [0.1, 0.15) is 6.42 Å². The second-order valence-electron chi connectivity index (χ2n) is 8.37.